The third-order valence-corrected chi connectivity index (χ3v) is 7.62. The summed E-state index contributed by atoms with van der Waals surface area (Å²) in [5.41, 5.74) is -0.809. The Kier molecular flexibility index (Phi) is 3.24. The molecule has 3 aliphatic carbocycles. The smallest absolute Gasteiger partial charge is 0.161 e. The fourth-order valence-corrected chi connectivity index (χ4v) is 6.14. The summed E-state index contributed by atoms with van der Waals surface area (Å²) >= 11 is 0. The number of carbonyl (C=O) groups is 1. The van der Waals surface area contributed by atoms with Crippen molar-refractivity contribution in [3.8, 4) is 5.75 Å². The van der Waals surface area contributed by atoms with Crippen molar-refractivity contribution in [1.29, 1.82) is 0 Å². The Morgan fingerprint density at radius 1 is 1.17 bits per heavy atom. The van der Waals surface area contributed by atoms with Crippen molar-refractivity contribution in [3.63, 3.8) is 0 Å². The third kappa shape index (κ3) is 1.73. The average molecular weight is 330 g/mol. The number of Topliss-reactive ketones (excluding diaryl/α,β-unsaturated/α-hetero) is 1. The van der Waals surface area contributed by atoms with Crippen molar-refractivity contribution in [3.05, 3.63) is 29.3 Å². The number of hydrogen-bond donors (Lipinski definition) is 3. The Balaban J connectivity index is 1.78. The van der Waals surface area contributed by atoms with E-state index in [0.717, 1.165) is 19.3 Å². The quantitative estimate of drug-likeness (QED) is 0.740. The molecule has 0 unspecified atom stereocenters. The Morgan fingerprint density at radius 3 is 2.62 bits per heavy atom. The number of fused-ring (bicyclic) bond motifs is 5. The van der Waals surface area contributed by atoms with Gasteiger partial charge in [-0.05, 0) is 80.5 Å². The van der Waals surface area contributed by atoms with E-state index in [9.17, 15) is 20.1 Å². The van der Waals surface area contributed by atoms with Crippen molar-refractivity contribution in [2.75, 3.05) is 0 Å². The van der Waals surface area contributed by atoms with E-state index in [-0.39, 0.29) is 17.6 Å². The molecule has 4 nitrogen and oxygen atoms in total. The van der Waals surface area contributed by atoms with Crippen LogP contribution in [0.5, 0.6) is 5.75 Å². The molecule has 5 atom stereocenters. The van der Waals surface area contributed by atoms with Gasteiger partial charge in [-0.3, -0.25) is 4.79 Å². The lowest BCUT2D eigenvalue weighted by Crippen LogP contribution is -2.63. The SMILES string of the molecule is CC(=O)[C@@]1(O)CC[C@@]2(O)[C@@H]3CCc4cc(O)ccc4[C@@H]3CC[C@@]21C. The summed E-state index contributed by atoms with van der Waals surface area (Å²) in [6.07, 6.45) is 3.98. The van der Waals surface area contributed by atoms with Crippen molar-refractivity contribution in [2.24, 2.45) is 11.3 Å². The van der Waals surface area contributed by atoms with E-state index in [0.29, 0.717) is 25.0 Å². The van der Waals surface area contributed by atoms with Crippen LogP contribution in [0.2, 0.25) is 0 Å². The maximum absolute atomic E-state index is 12.2. The molecular formula is C20H26O4. The van der Waals surface area contributed by atoms with E-state index < -0.39 is 16.6 Å². The summed E-state index contributed by atoms with van der Waals surface area (Å²) in [6, 6.07) is 5.54. The van der Waals surface area contributed by atoms with Gasteiger partial charge >= 0.3 is 0 Å². The van der Waals surface area contributed by atoms with Crippen LogP contribution >= 0.6 is 0 Å². The van der Waals surface area contributed by atoms with Crippen LogP contribution in [-0.4, -0.2) is 32.3 Å². The fourth-order valence-electron chi connectivity index (χ4n) is 6.14. The summed E-state index contributed by atoms with van der Waals surface area (Å²) in [5.74, 6) is 0.363. The summed E-state index contributed by atoms with van der Waals surface area (Å²) in [6.45, 7) is 3.35. The van der Waals surface area contributed by atoms with Gasteiger partial charge in [0.25, 0.3) is 0 Å². The second kappa shape index (κ2) is 4.83. The number of ketones is 1. The monoisotopic (exact) mass is 330 g/mol. The largest absolute Gasteiger partial charge is 0.508 e. The standard InChI is InChI=1S/C20H26O4/c1-12(21)19(23)9-10-20(24)17-6-3-13-11-14(22)4-5-15(13)16(17)7-8-18(19,20)2/h4-5,11,16-17,22-24H,3,6-10H2,1-2H3/t16-,17+,18+,19-,20+/m0/s1. The number of rotatable bonds is 1. The van der Waals surface area contributed by atoms with Gasteiger partial charge in [-0.25, -0.2) is 0 Å². The predicted molar refractivity (Wildman–Crippen MR) is 89.8 cm³/mol. The topological polar surface area (TPSA) is 77.8 Å². The summed E-state index contributed by atoms with van der Waals surface area (Å²) in [4.78, 5) is 12.2. The van der Waals surface area contributed by atoms with Crippen LogP contribution in [0.15, 0.2) is 18.2 Å². The Labute approximate surface area is 142 Å². The molecule has 0 radical (unpaired) electrons. The van der Waals surface area contributed by atoms with Gasteiger partial charge in [0.2, 0.25) is 0 Å². The van der Waals surface area contributed by atoms with Gasteiger partial charge in [0.15, 0.2) is 5.78 Å². The number of phenolic OH excluding ortho intramolecular Hbond substituents is 1. The number of aromatic hydroxyl groups is 1. The Bertz CT molecular complexity index is 714. The molecule has 0 aliphatic heterocycles. The molecule has 0 spiro atoms. The first-order valence-electron chi connectivity index (χ1n) is 9.00. The highest BCUT2D eigenvalue weighted by molar-refractivity contribution is 5.86. The molecule has 0 aromatic heterocycles. The lowest BCUT2D eigenvalue weighted by Gasteiger charge is -2.57. The molecule has 0 bridgehead atoms. The normalized spacial score (nSPS) is 43.7. The number of aliphatic hydroxyl groups is 2. The van der Waals surface area contributed by atoms with Crippen molar-refractivity contribution in [1.82, 2.24) is 0 Å². The first-order valence-corrected chi connectivity index (χ1v) is 9.00. The molecule has 0 saturated heterocycles. The fraction of sp³-hybridized carbons (Fsp3) is 0.650. The van der Waals surface area contributed by atoms with Crippen LogP contribution in [0, 0.1) is 11.3 Å². The van der Waals surface area contributed by atoms with Crippen LogP contribution in [0.3, 0.4) is 0 Å². The second-order valence-electron chi connectivity index (χ2n) is 8.35. The highest BCUT2D eigenvalue weighted by Gasteiger charge is 2.71. The maximum Gasteiger partial charge on any atom is 0.161 e. The van der Waals surface area contributed by atoms with Crippen LogP contribution in [0.4, 0.5) is 0 Å². The van der Waals surface area contributed by atoms with Crippen molar-refractivity contribution >= 4 is 5.78 Å². The number of hydrogen-bond acceptors (Lipinski definition) is 4. The molecule has 2 fully saturated rings. The third-order valence-electron chi connectivity index (χ3n) is 7.62. The molecule has 2 saturated carbocycles. The zero-order valence-corrected chi connectivity index (χ0v) is 14.4. The lowest BCUT2D eigenvalue weighted by atomic mass is 9.50. The molecule has 1 aromatic rings. The zero-order valence-electron chi connectivity index (χ0n) is 14.4. The highest BCUT2D eigenvalue weighted by Crippen LogP contribution is 2.66. The van der Waals surface area contributed by atoms with Gasteiger partial charge in [-0.2, -0.15) is 0 Å². The summed E-state index contributed by atoms with van der Waals surface area (Å²) in [5, 5.41) is 32.5. The van der Waals surface area contributed by atoms with Crippen LogP contribution in [0.25, 0.3) is 0 Å². The van der Waals surface area contributed by atoms with E-state index in [4.69, 9.17) is 0 Å². The van der Waals surface area contributed by atoms with Crippen LogP contribution in [0.1, 0.15) is 63.0 Å². The first-order chi connectivity index (χ1) is 11.2. The lowest BCUT2D eigenvalue weighted by molar-refractivity contribution is -0.197. The number of carbonyl (C=O) groups excluding carboxylic acids is 1. The molecule has 24 heavy (non-hydrogen) atoms. The molecule has 0 heterocycles. The number of phenols is 1. The van der Waals surface area contributed by atoms with E-state index >= 15 is 0 Å². The minimum absolute atomic E-state index is 0.0571. The molecule has 130 valence electrons. The zero-order chi connectivity index (χ0) is 17.3. The van der Waals surface area contributed by atoms with Crippen LogP contribution < -0.4 is 0 Å². The second-order valence-corrected chi connectivity index (χ2v) is 8.35. The van der Waals surface area contributed by atoms with E-state index in [1.54, 1.807) is 6.07 Å². The van der Waals surface area contributed by atoms with E-state index in [1.165, 1.54) is 18.1 Å². The van der Waals surface area contributed by atoms with Gasteiger partial charge in [0, 0.05) is 5.41 Å². The average Bonchev–Trinajstić information content (AvgIpc) is 2.76. The van der Waals surface area contributed by atoms with E-state index in [1.807, 2.05) is 19.1 Å². The van der Waals surface area contributed by atoms with Gasteiger partial charge in [-0.15, -0.1) is 0 Å². The molecule has 4 heteroatoms. The first kappa shape index (κ1) is 16.1. The van der Waals surface area contributed by atoms with Gasteiger partial charge in [0.05, 0.1) is 5.60 Å². The van der Waals surface area contributed by atoms with Crippen molar-refractivity contribution < 1.29 is 20.1 Å². The summed E-state index contributed by atoms with van der Waals surface area (Å²) in [7, 11) is 0. The van der Waals surface area contributed by atoms with Gasteiger partial charge < -0.3 is 15.3 Å². The minimum Gasteiger partial charge on any atom is -0.508 e. The molecular weight excluding hydrogens is 304 g/mol. The van der Waals surface area contributed by atoms with Crippen molar-refractivity contribution in [2.45, 2.75) is 69.5 Å². The van der Waals surface area contributed by atoms with Gasteiger partial charge in [0.1, 0.15) is 11.4 Å². The maximum atomic E-state index is 12.2. The van der Waals surface area contributed by atoms with E-state index in [2.05, 4.69) is 0 Å². The highest BCUT2D eigenvalue weighted by atomic mass is 16.3. The number of aryl methyl sites for hydroxylation is 1. The minimum atomic E-state index is -1.41. The predicted octanol–water partition coefficient (Wildman–Crippen LogP) is 2.68. The molecule has 0 amide bonds. The molecule has 3 N–H and O–H groups in total. The Morgan fingerprint density at radius 2 is 1.92 bits per heavy atom. The molecule has 4 rings (SSSR count). The summed E-state index contributed by atoms with van der Waals surface area (Å²) < 4.78 is 0. The Hall–Kier alpha value is -1.39. The molecule has 3 aliphatic rings. The number of benzene rings is 1. The van der Waals surface area contributed by atoms with Crippen LogP contribution in [-0.2, 0) is 11.2 Å². The van der Waals surface area contributed by atoms with Gasteiger partial charge in [-0.1, -0.05) is 13.0 Å². The molecule has 1 aromatic carbocycles.